The Bertz CT molecular complexity index is 178. The van der Waals surface area contributed by atoms with Gasteiger partial charge in [0, 0.05) is 0 Å². The first kappa shape index (κ1) is 13.1. The van der Waals surface area contributed by atoms with Crippen LogP contribution < -0.4 is 0 Å². The highest BCUT2D eigenvalue weighted by Crippen LogP contribution is 2.61. The van der Waals surface area contributed by atoms with Crippen LogP contribution in [0.25, 0.3) is 0 Å². The van der Waals surface area contributed by atoms with Gasteiger partial charge in [-0.1, -0.05) is 60.3 Å². The molecule has 0 spiro atoms. The fourth-order valence-corrected chi connectivity index (χ4v) is 4.55. The highest BCUT2D eigenvalue weighted by molar-refractivity contribution is 5.02. The molecule has 3 unspecified atom stereocenters. The quantitative estimate of drug-likeness (QED) is 0.560. The lowest BCUT2D eigenvalue weighted by Gasteiger charge is -2.59. The zero-order valence-electron chi connectivity index (χ0n) is 11.5. The summed E-state index contributed by atoms with van der Waals surface area (Å²) in [4.78, 5) is 0. The predicted octanol–water partition coefficient (Wildman–Crippen LogP) is 5.28. The van der Waals surface area contributed by atoms with Gasteiger partial charge in [0.25, 0.3) is 0 Å². The van der Waals surface area contributed by atoms with E-state index in [1.54, 1.807) is 0 Å². The van der Waals surface area contributed by atoms with Crippen molar-refractivity contribution in [2.75, 3.05) is 0 Å². The molecule has 0 aliphatic heterocycles. The molecule has 1 rings (SSSR count). The van der Waals surface area contributed by atoms with Crippen LogP contribution in [0.4, 0.5) is 0 Å². The number of hydrogen-bond acceptors (Lipinski definition) is 0. The first-order chi connectivity index (χ1) is 7.17. The van der Waals surface area contributed by atoms with Crippen molar-refractivity contribution in [2.24, 2.45) is 23.2 Å². The molecule has 1 aliphatic rings. The summed E-state index contributed by atoms with van der Waals surface area (Å²) >= 11 is 0. The third kappa shape index (κ3) is 1.97. The van der Waals surface area contributed by atoms with Crippen LogP contribution in [-0.4, -0.2) is 0 Å². The third-order valence-electron chi connectivity index (χ3n) is 5.31. The van der Waals surface area contributed by atoms with E-state index in [1.165, 1.54) is 38.5 Å². The van der Waals surface area contributed by atoms with E-state index in [9.17, 15) is 0 Å². The molecule has 1 saturated carbocycles. The molecule has 0 N–H and O–H groups in total. The second-order valence-corrected chi connectivity index (χ2v) is 5.60. The van der Waals surface area contributed by atoms with E-state index in [4.69, 9.17) is 0 Å². The zero-order valence-corrected chi connectivity index (χ0v) is 11.5. The zero-order chi connectivity index (χ0) is 11.5. The summed E-state index contributed by atoms with van der Waals surface area (Å²) in [5, 5.41) is 0. The van der Waals surface area contributed by atoms with Gasteiger partial charge in [0.2, 0.25) is 0 Å². The maximum atomic E-state index is 2.49. The molecule has 0 aromatic rings. The van der Waals surface area contributed by atoms with Crippen molar-refractivity contribution in [3.8, 4) is 0 Å². The summed E-state index contributed by atoms with van der Waals surface area (Å²) in [6.07, 6.45) is 8.51. The van der Waals surface area contributed by atoms with Crippen LogP contribution in [0.15, 0.2) is 0 Å². The van der Waals surface area contributed by atoms with E-state index < -0.39 is 0 Å². The van der Waals surface area contributed by atoms with Gasteiger partial charge in [-0.3, -0.25) is 0 Å². The molecule has 3 atom stereocenters. The highest BCUT2D eigenvalue weighted by Gasteiger charge is 2.53. The van der Waals surface area contributed by atoms with Crippen molar-refractivity contribution in [3.05, 3.63) is 0 Å². The molecule has 0 radical (unpaired) electrons. The van der Waals surface area contributed by atoms with E-state index >= 15 is 0 Å². The fraction of sp³-hybridized carbons (Fsp3) is 1.00. The van der Waals surface area contributed by atoms with Gasteiger partial charge in [0.05, 0.1) is 0 Å². The summed E-state index contributed by atoms with van der Waals surface area (Å²) in [6.45, 7) is 12.0. The highest BCUT2D eigenvalue weighted by atomic mass is 14.6. The maximum absolute atomic E-state index is 2.49. The van der Waals surface area contributed by atoms with Crippen LogP contribution in [0.2, 0.25) is 0 Å². The lowest BCUT2D eigenvalue weighted by Crippen LogP contribution is -2.52. The van der Waals surface area contributed by atoms with Gasteiger partial charge in [-0.15, -0.1) is 0 Å². The Balaban J connectivity index is 2.79. The van der Waals surface area contributed by atoms with Crippen molar-refractivity contribution in [1.82, 2.24) is 0 Å². The molecule has 0 bridgehead atoms. The fourth-order valence-electron chi connectivity index (χ4n) is 4.55. The molecule has 15 heavy (non-hydrogen) atoms. The van der Waals surface area contributed by atoms with Crippen LogP contribution >= 0.6 is 0 Å². The Hall–Kier alpha value is 0. The van der Waals surface area contributed by atoms with E-state index in [1.807, 2.05) is 0 Å². The standard InChI is InChI=1S/C15H30/c1-6-10-14-11-12(5)15(14,9-4)13(7-2)8-3/h12-14H,6-11H2,1-5H3. The number of rotatable bonds is 6. The topological polar surface area (TPSA) is 0 Å². The van der Waals surface area contributed by atoms with Gasteiger partial charge >= 0.3 is 0 Å². The van der Waals surface area contributed by atoms with Crippen molar-refractivity contribution < 1.29 is 0 Å². The molecule has 0 aromatic carbocycles. The van der Waals surface area contributed by atoms with Gasteiger partial charge in [-0.2, -0.15) is 0 Å². The molecule has 0 saturated heterocycles. The lowest BCUT2D eigenvalue weighted by molar-refractivity contribution is -0.105. The Morgan fingerprint density at radius 1 is 1.13 bits per heavy atom. The minimum Gasteiger partial charge on any atom is -0.0654 e. The summed E-state index contributed by atoms with van der Waals surface area (Å²) in [5.74, 6) is 2.99. The van der Waals surface area contributed by atoms with Crippen LogP contribution in [0.1, 0.15) is 73.1 Å². The Morgan fingerprint density at radius 2 is 1.73 bits per heavy atom. The molecule has 0 aromatic heterocycles. The third-order valence-corrected chi connectivity index (χ3v) is 5.31. The van der Waals surface area contributed by atoms with E-state index in [0.717, 1.165) is 17.8 Å². The van der Waals surface area contributed by atoms with Gasteiger partial charge < -0.3 is 0 Å². The molecule has 0 heteroatoms. The SMILES string of the molecule is CCCC1CC(C)C1(CC)C(CC)CC. The van der Waals surface area contributed by atoms with Gasteiger partial charge in [-0.05, 0) is 36.0 Å². The molecule has 0 nitrogen and oxygen atoms in total. The predicted molar refractivity (Wildman–Crippen MR) is 69.0 cm³/mol. The van der Waals surface area contributed by atoms with Gasteiger partial charge in [0.15, 0.2) is 0 Å². The van der Waals surface area contributed by atoms with Crippen molar-refractivity contribution >= 4 is 0 Å². The van der Waals surface area contributed by atoms with Crippen LogP contribution in [-0.2, 0) is 0 Å². The first-order valence-corrected chi connectivity index (χ1v) is 7.17. The molecule has 0 amide bonds. The average molecular weight is 210 g/mol. The lowest BCUT2D eigenvalue weighted by atomic mass is 9.45. The number of hydrogen-bond donors (Lipinski definition) is 0. The van der Waals surface area contributed by atoms with Gasteiger partial charge in [-0.25, -0.2) is 0 Å². The van der Waals surface area contributed by atoms with Gasteiger partial charge in [0.1, 0.15) is 0 Å². The maximum Gasteiger partial charge on any atom is -0.0218 e. The largest absolute Gasteiger partial charge is 0.0654 e. The molecular formula is C15H30. The normalized spacial score (nSPS) is 35.6. The molecule has 1 aliphatic carbocycles. The second kappa shape index (κ2) is 5.37. The Morgan fingerprint density at radius 3 is 2.07 bits per heavy atom. The molecule has 1 fully saturated rings. The van der Waals surface area contributed by atoms with Crippen LogP contribution in [0, 0.1) is 23.2 Å². The molecular weight excluding hydrogens is 180 g/mol. The molecule has 0 heterocycles. The van der Waals surface area contributed by atoms with E-state index in [2.05, 4.69) is 34.6 Å². The first-order valence-electron chi connectivity index (χ1n) is 7.17. The summed E-state index contributed by atoms with van der Waals surface area (Å²) < 4.78 is 0. The van der Waals surface area contributed by atoms with Crippen LogP contribution in [0.5, 0.6) is 0 Å². The van der Waals surface area contributed by atoms with E-state index in [-0.39, 0.29) is 0 Å². The summed E-state index contributed by atoms with van der Waals surface area (Å²) in [7, 11) is 0. The summed E-state index contributed by atoms with van der Waals surface area (Å²) in [6, 6.07) is 0. The minimum absolute atomic E-state index is 0.708. The van der Waals surface area contributed by atoms with Crippen LogP contribution in [0.3, 0.4) is 0 Å². The molecule has 90 valence electrons. The smallest absolute Gasteiger partial charge is 0.0218 e. The Kier molecular flexibility index (Phi) is 4.67. The van der Waals surface area contributed by atoms with Crippen molar-refractivity contribution in [1.29, 1.82) is 0 Å². The van der Waals surface area contributed by atoms with Crippen molar-refractivity contribution in [2.45, 2.75) is 73.1 Å². The minimum atomic E-state index is 0.708. The Labute approximate surface area is 96.8 Å². The van der Waals surface area contributed by atoms with Crippen molar-refractivity contribution in [3.63, 3.8) is 0 Å². The average Bonchev–Trinajstić information content (AvgIpc) is 2.25. The monoisotopic (exact) mass is 210 g/mol. The summed E-state index contributed by atoms with van der Waals surface area (Å²) in [5.41, 5.74) is 0.708. The van der Waals surface area contributed by atoms with E-state index in [0.29, 0.717) is 5.41 Å². The second-order valence-electron chi connectivity index (χ2n) is 5.60.